The Kier molecular flexibility index (Phi) is 8.63. The molecule has 0 bridgehead atoms. The average molecular weight is 433 g/mol. The number of benzene rings is 2. The lowest BCUT2D eigenvalue weighted by molar-refractivity contribution is -0.120. The van der Waals surface area contributed by atoms with Crippen LogP contribution in [0, 0.1) is 0 Å². The van der Waals surface area contributed by atoms with Crippen LogP contribution in [0.2, 0.25) is 0 Å². The van der Waals surface area contributed by atoms with Crippen molar-refractivity contribution in [2.24, 2.45) is 10.7 Å². The van der Waals surface area contributed by atoms with Crippen LogP contribution in [0.1, 0.15) is 31.7 Å². The molecule has 0 saturated heterocycles. The topological polar surface area (TPSA) is 92.6 Å². The Balaban J connectivity index is 1.87. The first-order chi connectivity index (χ1) is 15.6. The van der Waals surface area contributed by atoms with Crippen LogP contribution in [0.4, 0.5) is 0 Å². The van der Waals surface area contributed by atoms with Gasteiger partial charge in [-0.25, -0.2) is 0 Å². The fourth-order valence-electron chi connectivity index (χ4n) is 3.61. The predicted molar refractivity (Wildman–Crippen MR) is 130 cm³/mol. The Morgan fingerprint density at radius 1 is 0.969 bits per heavy atom. The number of rotatable bonds is 10. The highest BCUT2D eigenvalue weighted by atomic mass is 16.3. The average Bonchev–Trinajstić information content (AvgIpc) is 3.22. The predicted octanol–water partition coefficient (Wildman–Crippen LogP) is 3.98. The number of aryl methyl sites for hydroxylation is 1. The van der Waals surface area contributed by atoms with E-state index in [4.69, 9.17) is 10.8 Å². The fourth-order valence-corrected chi connectivity index (χ4v) is 3.61. The molecule has 1 heterocycles. The van der Waals surface area contributed by atoms with E-state index in [0.29, 0.717) is 13.0 Å². The molecule has 6 heteroatoms. The van der Waals surface area contributed by atoms with E-state index in [1.54, 1.807) is 0 Å². The fraction of sp³-hybridized carbons (Fsp3) is 0.308. The molecule has 32 heavy (non-hydrogen) atoms. The first-order valence-corrected chi connectivity index (χ1v) is 11.2. The molecule has 168 valence electrons. The molecule has 0 saturated carbocycles. The van der Waals surface area contributed by atoms with Gasteiger partial charge >= 0.3 is 0 Å². The van der Waals surface area contributed by atoms with Crippen molar-refractivity contribution >= 4 is 11.9 Å². The van der Waals surface area contributed by atoms with Gasteiger partial charge in [-0.05, 0) is 48.1 Å². The highest BCUT2D eigenvalue weighted by Crippen LogP contribution is 2.29. The van der Waals surface area contributed by atoms with Crippen molar-refractivity contribution in [2.45, 2.75) is 39.2 Å². The number of hydrogen-bond acceptors (Lipinski definition) is 3. The molecule has 1 amide bonds. The van der Waals surface area contributed by atoms with Crippen LogP contribution in [0.25, 0.3) is 22.5 Å². The second kappa shape index (κ2) is 11.9. The maximum Gasteiger partial charge on any atom is 0.246 e. The third-order valence-electron chi connectivity index (χ3n) is 5.29. The van der Waals surface area contributed by atoms with Crippen molar-refractivity contribution in [3.05, 3.63) is 72.3 Å². The molecule has 0 aliphatic carbocycles. The Labute approximate surface area is 189 Å². The summed E-state index contributed by atoms with van der Waals surface area (Å²) in [5.41, 5.74) is 11.2. The number of hydrogen-bond donors (Lipinski definition) is 3. The third-order valence-corrected chi connectivity index (χ3v) is 5.29. The zero-order valence-electron chi connectivity index (χ0n) is 18.6. The largest absolute Gasteiger partial charge is 0.396 e. The first-order valence-electron chi connectivity index (χ1n) is 11.2. The normalized spacial score (nSPS) is 11.5. The minimum atomic E-state index is -0.246. The molecule has 0 atom stereocenters. The van der Waals surface area contributed by atoms with Gasteiger partial charge in [0.15, 0.2) is 5.96 Å². The molecule has 6 nitrogen and oxygen atoms in total. The quantitative estimate of drug-likeness (QED) is 0.257. The summed E-state index contributed by atoms with van der Waals surface area (Å²) in [5.74, 6) is -0.178. The van der Waals surface area contributed by atoms with Gasteiger partial charge in [-0.1, -0.05) is 67.9 Å². The number of aliphatic imine (C=N–C) groups is 1. The molecule has 0 aliphatic rings. The molecular formula is C26H32N4O2. The van der Waals surface area contributed by atoms with Crippen LogP contribution in [0.5, 0.6) is 0 Å². The van der Waals surface area contributed by atoms with Crippen molar-refractivity contribution in [1.29, 1.82) is 0 Å². The van der Waals surface area contributed by atoms with Crippen LogP contribution < -0.4 is 11.1 Å². The standard InChI is InChI=1S/C26H32N4O2/c1-2-3-8-20-11-13-22(14-12-20)24-16-15-23(21-9-5-4-6-10-21)30(24)19-25(32)29-26(27)28-17-7-18-31/h4-6,9-16,31H,2-3,7-8,17-19H2,1H3,(H3,27,28,29,32). The molecule has 0 fully saturated rings. The van der Waals surface area contributed by atoms with Crippen LogP contribution in [-0.2, 0) is 17.8 Å². The molecule has 3 aromatic rings. The summed E-state index contributed by atoms with van der Waals surface area (Å²) >= 11 is 0. The number of nitrogens with zero attached hydrogens (tertiary/aromatic N) is 2. The second-order valence-electron chi connectivity index (χ2n) is 7.75. The van der Waals surface area contributed by atoms with E-state index in [0.717, 1.165) is 28.9 Å². The number of carbonyl (C=O) groups excluding carboxylic acids is 1. The number of carbonyl (C=O) groups is 1. The Morgan fingerprint density at radius 2 is 1.62 bits per heavy atom. The van der Waals surface area contributed by atoms with Gasteiger partial charge in [0.05, 0.1) is 0 Å². The van der Waals surface area contributed by atoms with E-state index in [9.17, 15) is 4.79 Å². The van der Waals surface area contributed by atoms with Crippen LogP contribution in [0.15, 0.2) is 71.7 Å². The Bertz CT molecular complexity index is 1020. The Hall–Kier alpha value is -3.38. The van der Waals surface area contributed by atoms with E-state index >= 15 is 0 Å². The van der Waals surface area contributed by atoms with Gasteiger partial charge in [0.25, 0.3) is 0 Å². The molecule has 0 spiro atoms. The van der Waals surface area contributed by atoms with Crippen LogP contribution in [0.3, 0.4) is 0 Å². The smallest absolute Gasteiger partial charge is 0.246 e. The van der Waals surface area contributed by atoms with Crippen molar-refractivity contribution in [3.8, 4) is 22.5 Å². The highest BCUT2D eigenvalue weighted by molar-refractivity contribution is 5.96. The van der Waals surface area contributed by atoms with E-state index in [2.05, 4.69) is 47.6 Å². The second-order valence-corrected chi connectivity index (χ2v) is 7.75. The zero-order valence-corrected chi connectivity index (χ0v) is 18.6. The number of aromatic nitrogens is 1. The zero-order chi connectivity index (χ0) is 22.8. The van der Waals surface area contributed by atoms with Gasteiger partial charge in [-0.3, -0.25) is 15.1 Å². The number of amides is 1. The summed E-state index contributed by atoms with van der Waals surface area (Å²) in [7, 11) is 0. The van der Waals surface area contributed by atoms with Gasteiger partial charge in [0.1, 0.15) is 6.54 Å². The molecule has 0 aliphatic heterocycles. The number of nitrogens with two attached hydrogens (primary N) is 1. The summed E-state index contributed by atoms with van der Waals surface area (Å²) in [4.78, 5) is 16.8. The van der Waals surface area contributed by atoms with E-state index < -0.39 is 0 Å². The van der Waals surface area contributed by atoms with E-state index in [-0.39, 0.29) is 25.0 Å². The van der Waals surface area contributed by atoms with Crippen LogP contribution >= 0.6 is 0 Å². The lowest BCUT2D eigenvalue weighted by atomic mass is 10.0. The van der Waals surface area contributed by atoms with Gasteiger partial charge in [-0.15, -0.1) is 0 Å². The minimum Gasteiger partial charge on any atom is -0.396 e. The van der Waals surface area contributed by atoms with Gasteiger partial charge in [0, 0.05) is 24.5 Å². The molecule has 4 N–H and O–H groups in total. The molecule has 3 rings (SSSR count). The third kappa shape index (κ3) is 6.31. The van der Waals surface area contributed by atoms with Crippen molar-refractivity contribution in [2.75, 3.05) is 13.2 Å². The lowest BCUT2D eigenvalue weighted by Crippen LogP contribution is -2.39. The number of guanidine groups is 1. The van der Waals surface area contributed by atoms with Crippen LogP contribution in [-0.4, -0.2) is 34.7 Å². The SMILES string of the molecule is CCCCc1ccc(-c2ccc(-c3ccccc3)n2CC(=O)NC(N)=NCCCO)cc1. The molecule has 0 radical (unpaired) electrons. The first kappa shape index (κ1) is 23.3. The summed E-state index contributed by atoms with van der Waals surface area (Å²) in [6.07, 6.45) is 3.93. The van der Waals surface area contributed by atoms with E-state index in [1.165, 1.54) is 18.4 Å². The summed E-state index contributed by atoms with van der Waals surface area (Å²) in [5, 5.41) is 11.5. The number of aliphatic hydroxyl groups excluding tert-OH is 1. The lowest BCUT2D eigenvalue weighted by Gasteiger charge is -2.14. The highest BCUT2D eigenvalue weighted by Gasteiger charge is 2.15. The number of unbranched alkanes of at least 4 members (excludes halogenated alkanes) is 1. The number of nitrogens with one attached hydrogen (secondary N) is 1. The molecule has 2 aromatic carbocycles. The Morgan fingerprint density at radius 3 is 2.25 bits per heavy atom. The van der Waals surface area contributed by atoms with Crippen molar-refractivity contribution in [1.82, 2.24) is 9.88 Å². The summed E-state index contributed by atoms with van der Waals surface area (Å²) in [6.45, 7) is 2.72. The molecule has 0 unspecified atom stereocenters. The van der Waals surface area contributed by atoms with E-state index in [1.807, 2.05) is 41.0 Å². The van der Waals surface area contributed by atoms with Gasteiger partial charge in [0.2, 0.25) is 5.91 Å². The summed E-state index contributed by atoms with van der Waals surface area (Å²) in [6, 6.07) is 22.7. The summed E-state index contributed by atoms with van der Waals surface area (Å²) < 4.78 is 2.01. The van der Waals surface area contributed by atoms with Crippen molar-refractivity contribution < 1.29 is 9.90 Å². The molecular weight excluding hydrogens is 400 g/mol. The monoisotopic (exact) mass is 432 g/mol. The number of aliphatic hydroxyl groups is 1. The minimum absolute atomic E-state index is 0.0368. The van der Waals surface area contributed by atoms with Gasteiger partial charge in [-0.2, -0.15) is 0 Å². The van der Waals surface area contributed by atoms with Gasteiger partial charge < -0.3 is 15.4 Å². The van der Waals surface area contributed by atoms with Crippen molar-refractivity contribution in [3.63, 3.8) is 0 Å². The maximum absolute atomic E-state index is 12.8. The maximum atomic E-state index is 12.8. The molecule has 1 aromatic heterocycles.